The molecule has 0 amide bonds. The Morgan fingerprint density at radius 1 is 1.21 bits per heavy atom. The smallest absolute Gasteiger partial charge is 0.161 e. The average molecular weight is 213 g/mol. The number of allylic oxidation sites excluding steroid dienone is 1. The molecule has 2 nitrogen and oxygen atoms in total. The predicted molar refractivity (Wildman–Crippen MR) is 58.3 cm³/mol. The second kappa shape index (κ2) is 6.33. The van der Waals surface area contributed by atoms with Gasteiger partial charge in [-0.3, -0.25) is 0 Å². The maximum absolute atomic E-state index is 5.47. The number of para-hydroxylation sites is 2. The van der Waals surface area contributed by atoms with Crippen LogP contribution in [-0.2, 0) is 0 Å². The molecule has 0 heterocycles. The van der Waals surface area contributed by atoms with Gasteiger partial charge in [0.1, 0.15) is 6.61 Å². The molecular weight excluding hydrogens is 200 g/mol. The Balaban J connectivity index is 2.53. The van der Waals surface area contributed by atoms with Crippen molar-refractivity contribution in [3.8, 4) is 11.5 Å². The average Bonchev–Trinajstić information content (AvgIpc) is 2.25. The van der Waals surface area contributed by atoms with Gasteiger partial charge in [0.2, 0.25) is 0 Å². The lowest BCUT2D eigenvalue weighted by atomic mass is 10.3. The van der Waals surface area contributed by atoms with Crippen LogP contribution >= 0.6 is 11.6 Å². The number of rotatable bonds is 5. The topological polar surface area (TPSA) is 18.5 Å². The van der Waals surface area contributed by atoms with Gasteiger partial charge in [0.25, 0.3) is 0 Å². The van der Waals surface area contributed by atoms with Crippen LogP contribution < -0.4 is 9.47 Å². The van der Waals surface area contributed by atoms with Crippen molar-refractivity contribution < 1.29 is 9.47 Å². The van der Waals surface area contributed by atoms with E-state index in [0.29, 0.717) is 12.5 Å². The third-order valence-corrected chi connectivity index (χ3v) is 1.84. The third kappa shape index (κ3) is 3.30. The van der Waals surface area contributed by atoms with Gasteiger partial charge < -0.3 is 9.47 Å². The second-order valence-electron chi connectivity index (χ2n) is 2.59. The Kier molecular flexibility index (Phi) is 4.94. The van der Waals surface area contributed by atoms with Crippen molar-refractivity contribution >= 4 is 11.6 Å². The number of methoxy groups -OCH3 is 1. The number of hydrogen-bond acceptors (Lipinski definition) is 2. The molecule has 1 aromatic carbocycles. The summed E-state index contributed by atoms with van der Waals surface area (Å²) < 4.78 is 10.6. The first-order valence-corrected chi connectivity index (χ1v) is 4.88. The Hall–Kier alpha value is -1.15. The SMILES string of the molecule is COc1ccccc1OCC=CCCl. The summed E-state index contributed by atoms with van der Waals surface area (Å²) in [6, 6.07) is 7.54. The van der Waals surface area contributed by atoms with Crippen LogP contribution in [0, 0.1) is 0 Å². The first-order chi connectivity index (χ1) is 6.88. The molecule has 0 unspecified atom stereocenters. The summed E-state index contributed by atoms with van der Waals surface area (Å²) in [5.41, 5.74) is 0. The number of benzene rings is 1. The molecular formula is C11H13ClO2. The molecule has 0 aliphatic carbocycles. The van der Waals surface area contributed by atoms with Crippen LogP contribution in [0.5, 0.6) is 11.5 Å². The lowest BCUT2D eigenvalue weighted by molar-refractivity contribution is 0.326. The molecule has 0 atom stereocenters. The number of ether oxygens (including phenoxy) is 2. The Morgan fingerprint density at radius 3 is 2.57 bits per heavy atom. The molecule has 0 aliphatic heterocycles. The first kappa shape index (κ1) is 10.9. The highest BCUT2D eigenvalue weighted by atomic mass is 35.5. The molecule has 3 heteroatoms. The molecule has 0 aliphatic rings. The minimum atomic E-state index is 0.507. The van der Waals surface area contributed by atoms with E-state index in [2.05, 4.69) is 0 Å². The van der Waals surface area contributed by atoms with Crippen LogP contribution in [0.3, 0.4) is 0 Å². The number of alkyl halides is 1. The van der Waals surface area contributed by atoms with Crippen molar-refractivity contribution in [2.24, 2.45) is 0 Å². The van der Waals surface area contributed by atoms with E-state index in [0.717, 1.165) is 11.5 Å². The van der Waals surface area contributed by atoms with Crippen molar-refractivity contribution in [3.63, 3.8) is 0 Å². The van der Waals surface area contributed by atoms with E-state index in [9.17, 15) is 0 Å². The van der Waals surface area contributed by atoms with E-state index in [-0.39, 0.29) is 0 Å². The van der Waals surface area contributed by atoms with Crippen molar-refractivity contribution in [1.29, 1.82) is 0 Å². The Morgan fingerprint density at radius 2 is 1.93 bits per heavy atom. The Bertz CT molecular complexity index is 297. The van der Waals surface area contributed by atoms with Crippen molar-refractivity contribution in [1.82, 2.24) is 0 Å². The Labute approximate surface area is 89.1 Å². The molecule has 1 rings (SSSR count). The maximum atomic E-state index is 5.47. The maximum Gasteiger partial charge on any atom is 0.161 e. The molecule has 1 aromatic rings. The summed E-state index contributed by atoms with van der Waals surface area (Å²) >= 11 is 5.47. The number of halogens is 1. The van der Waals surface area contributed by atoms with Gasteiger partial charge in [-0.15, -0.1) is 11.6 Å². The summed E-state index contributed by atoms with van der Waals surface area (Å²) in [5, 5.41) is 0. The zero-order chi connectivity index (χ0) is 10.2. The monoisotopic (exact) mass is 212 g/mol. The highest BCUT2D eigenvalue weighted by Gasteiger charge is 1.99. The molecule has 14 heavy (non-hydrogen) atoms. The molecule has 0 fully saturated rings. The van der Waals surface area contributed by atoms with Crippen LogP contribution in [0.15, 0.2) is 36.4 Å². The molecule has 0 saturated carbocycles. The van der Waals surface area contributed by atoms with Crippen LogP contribution in [0.25, 0.3) is 0 Å². The van der Waals surface area contributed by atoms with Crippen molar-refractivity contribution in [2.75, 3.05) is 19.6 Å². The summed E-state index contributed by atoms with van der Waals surface area (Å²) in [6.07, 6.45) is 3.72. The van der Waals surface area contributed by atoms with Crippen molar-refractivity contribution in [2.45, 2.75) is 0 Å². The molecule has 0 aromatic heterocycles. The van der Waals surface area contributed by atoms with E-state index >= 15 is 0 Å². The van der Waals surface area contributed by atoms with Gasteiger partial charge in [0.05, 0.1) is 7.11 Å². The van der Waals surface area contributed by atoms with E-state index in [1.807, 2.05) is 36.4 Å². The largest absolute Gasteiger partial charge is 0.493 e. The van der Waals surface area contributed by atoms with Gasteiger partial charge in [0.15, 0.2) is 11.5 Å². The van der Waals surface area contributed by atoms with Gasteiger partial charge in [0, 0.05) is 5.88 Å². The normalized spacial score (nSPS) is 10.4. The van der Waals surface area contributed by atoms with Gasteiger partial charge in [-0.1, -0.05) is 24.3 Å². The van der Waals surface area contributed by atoms with E-state index < -0.39 is 0 Å². The van der Waals surface area contributed by atoms with Crippen LogP contribution in [0.1, 0.15) is 0 Å². The van der Waals surface area contributed by atoms with Crippen molar-refractivity contribution in [3.05, 3.63) is 36.4 Å². The third-order valence-electron chi connectivity index (χ3n) is 1.66. The fourth-order valence-corrected chi connectivity index (χ4v) is 1.13. The lowest BCUT2D eigenvalue weighted by Gasteiger charge is -2.07. The molecule has 0 radical (unpaired) electrons. The van der Waals surface area contributed by atoms with Gasteiger partial charge >= 0.3 is 0 Å². The first-order valence-electron chi connectivity index (χ1n) is 4.35. The lowest BCUT2D eigenvalue weighted by Crippen LogP contribution is -1.96. The van der Waals surface area contributed by atoms with E-state index in [1.54, 1.807) is 7.11 Å². The summed E-state index contributed by atoms with van der Waals surface area (Å²) in [4.78, 5) is 0. The van der Waals surface area contributed by atoms with Gasteiger partial charge in [-0.05, 0) is 12.1 Å². The highest BCUT2D eigenvalue weighted by molar-refractivity contribution is 6.18. The molecule has 0 spiro atoms. The standard InChI is InChI=1S/C11H13ClO2/c1-13-10-6-2-3-7-11(10)14-9-5-4-8-12/h2-7H,8-9H2,1H3. The van der Waals surface area contributed by atoms with Gasteiger partial charge in [-0.2, -0.15) is 0 Å². The molecule has 0 N–H and O–H groups in total. The molecule has 0 bridgehead atoms. The summed E-state index contributed by atoms with van der Waals surface area (Å²) in [7, 11) is 1.62. The van der Waals surface area contributed by atoms with Crippen LogP contribution in [0.4, 0.5) is 0 Å². The molecule has 76 valence electrons. The van der Waals surface area contributed by atoms with E-state index in [4.69, 9.17) is 21.1 Å². The fraction of sp³-hybridized carbons (Fsp3) is 0.273. The highest BCUT2D eigenvalue weighted by Crippen LogP contribution is 2.25. The number of hydrogen-bond donors (Lipinski definition) is 0. The van der Waals surface area contributed by atoms with E-state index in [1.165, 1.54) is 0 Å². The predicted octanol–water partition coefficient (Wildman–Crippen LogP) is 2.87. The van der Waals surface area contributed by atoms with Crippen LogP contribution in [0.2, 0.25) is 0 Å². The molecule has 0 saturated heterocycles. The zero-order valence-electron chi connectivity index (χ0n) is 8.07. The fourth-order valence-electron chi connectivity index (χ4n) is 1.01. The second-order valence-corrected chi connectivity index (χ2v) is 2.90. The summed E-state index contributed by atoms with van der Waals surface area (Å²) in [5.74, 6) is 2.00. The van der Waals surface area contributed by atoms with Crippen LogP contribution in [-0.4, -0.2) is 19.6 Å². The summed E-state index contributed by atoms with van der Waals surface area (Å²) in [6.45, 7) is 0.507. The van der Waals surface area contributed by atoms with Gasteiger partial charge in [-0.25, -0.2) is 0 Å². The minimum absolute atomic E-state index is 0.507. The minimum Gasteiger partial charge on any atom is -0.493 e. The zero-order valence-corrected chi connectivity index (χ0v) is 8.83. The quantitative estimate of drug-likeness (QED) is 0.552.